The van der Waals surface area contributed by atoms with Gasteiger partial charge in [0.1, 0.15) is 5.82 Å². The number of fused-ring (bicyclic) bond motifs is 1. The highest BCUT2D eigenvalue weighted by Gasteiger charge is 2.20. The minimum atomic E-state index is -0.551. The summed E-state index contributed by atoms with van der Waals surface area (Å²) in [6, 6.07) is 13.2. The molecule has 0 fully saturated rings. The summed E-state index contributed by atoms with van der Waals surface area (Å²) < 4.78 is 15.3. The van der Waals surface area contributed by atoms with Gasteiger partial charge in [-0.1, -0.05) is 30.3 Å². The number of halogens is 1. The Morgan fingerprint density at radius 1 is 1.14 bits per heavy atom. The SMILES string of the molecule is Cc1c(CO)c2ccccc2n1C(=O)c1ccccc1F. The fourth-order valence-corrected chi connectivity index (χ4v) is 2.65. The van der Waals surface area contributed by atoms with Crippen molar-refractivity contribution in [2.75, 3.05) is 0 Å². The molecule has 3 aromatic rings. The maximum atomic E-state index is 13.9. The molecule has 0 atom stereocenters. The summed E-state index contributed by atoms with van der Waals surface area (Å²) in [5, 5.41) is 10.3. The van der Waals surface area contributed by atoms with Crippen LogP contribution in [-0.2, 0) is 6.61 Å². The normalized spacial score (nSPS) is 11.0. The van der Waals surface area contributed by atoms with Gasteiger partial charge in [0.25, 0.3) is 5.91 Å². The molecule has 3 nitrogen and oxygen atoms in total. The maximum Gasteiger partial charge on any atom is 0.265 e. The molecule has 0 unspecified atom stereocenters. The number of hydrogen-bond donors (Lipinski definition) is 1. The number of aliphatic hydroxyl groups excluding tert-OH is 1. The summed E-state index contributed by atoms with van der Waals surface area (Å²) in [5.74, 6) is -0.980. The molecule has 0 aliphatic carbocycles. The van der Waals surface area contributed by atoms with Crippen LogP contribution in [-0.4, -0.2) is 15.6 Å². The molecule has 3 rings (SSSR count). The second-order valence-corrected chi connectivity index (χ2v) is 4.86. The van der Waals surface area contributed by atoms with Crippen molar-refractivity contribution in [1.82, 2.24) is 4.57 Å². The number of nitrogens with zero attached hydrogens (tertiary/aromatic N) is 1. The Hall–Kier alpha value is -2.46. The second kappa shape index (κ2) is 5.14. The van der Waals surface area contributed by atoms with Crippen molar-refractivity contribution in [3.05, 3.63) is 71.2 Å². The lowest BCUT2D eigenvalue weighted by molar-refractivity contribution is 0.0958. The van der Waals surface area contributed by atoms with Crippen LogP contribution in [0, 0.1) is 12.7 Å². The molecular formula is C17H14FNO2. The molecule has 0 saturated heterocycles. The van der Waals surface area contributed by atoms with Crippen molar-refractivity contribution in [3.63, 3.8) is 0 Å². The van der Waals surface area contributed by atoms with E-state index in [0.717, 1.165) is 5.39 Å². The number of hydrogen-bond acceptors (Lipinski definition) is 2. The van der Waals surface area contributed by atoms with Crippen molar-refractivity contribution in [2.45, 2.75) is 13.5 Å². The Morgan fingerprint density at radius 3 is 2.52 bits per heavy atom. The lowest BCUT2D eigenvalue weighted by Crippen LogP contribution is -2.15. The summed E-state index contributed by atoms with van der Waals surface area (Å²) in [5.41, 5.74) is 2.01. The smallest absolute Gasteiger partial charge is 0.265 e. The molecule has 2 aromatic carbocycles. The van der Waals surface area contributed by atoms with Crippen molar-refractivity contribution in [1.29, 1.82) is 0 Å². The fourth-order valence-electron chi connectivity index (χ4n) is 2.65. The van der Waals surface area contributed by atoms with E-state index in [2.05, 4.69) is 0 Å². The van der Waals surface area contributed by atoms with E-state index in [1.165, 1.54) is 16.7 Å². The summed E-state index contributed by atoms with van der Waals surface area (Å²) in [6.07, 6.45) is 0. The van der Waals surface area contributed by atoms with Gasteiger partial charge in [-0.2, -0.15) is 0 Å². The lowest BCUT2D eigenvalue weighted by Gasteiger charge is -2.08. The Labute approximate surface area is 121 Å². The van der Waals surface area contributed by atoms with Crippen molar-refractivity contribution in [3.8, 4) is 0 Å². The van der Waals surface area contributed by atoms with E-state index in [1.54, 1.807) is 25.1 Å². The van der Waals surface area contributed by atoms with E-state index in [-0.39, 0.29) is 12.2 Å². The fraction of sp³-hybridized carbons (Fsp3) is 0.118. The van der Waals surface area contributed by atoms with E-state index in [4.69, 9.17) is 0 Å². The van der Waals surface area contributed by atoms with Crippen LogP contribution in [0.1, 0.15) is 21.6 Å². The van der Waals surface area contributed by atoms with Gasteiger partial charge in [0.15, 0.2) is 0 Å². The highest BCUT2D eigenvalue weighted by molar-refractivity contribution is 6.04. The molecule has 1 heterocycles. The van der Waals surface area contributed by atoms with Crippen LogP contribution in [0.25, 0.3) is 10.9 Å². The molecule has 0 aliphatic rings. The number of rotatable bonds is 2. The molecule has 0 amide bonds. The molecular weight excluding hydrogens is 269 g/mol. The molecule has 106 valence electrons. The summed E-state index contributed by atoms with van der Waals surface area (Å²) in [7, 11) is 0. The molecule has 0 aliphatic heterocycles. The van der Waals surface area contributed by atoms with Gasteiger partial charge in [-0.15, -0.1) is 0 Å². The first kappa shape index (κ1) is 13.5. The van der Waals surface area contributed by atoms with Gasteiger partial charge in [-0.3, -0.25) is 9.36 Å². The minimum absolute atomic E-state index is 0.0193. The molecule has 0 spiro atoms. The van der Waals surface area contributed by atoms with Crippen LogP contribution in [0.3, 0.4) is 0 Å². The van der Waals surface area contributed by atoms with Gasteiger partial charge in [0, 0.05) is 16.6 Å². The molecule has 0 radical (unpaired) electrons. The number of para-hydroxylation sites is 1. The first-order chi connectivity index (χ1) is 10.1. The quantitative estimate of drug-likeness (QED) is 0.784. The summed E-state index contributed by atoms with van der Waals surface area (Å²) >= 11 is 0. The topological polar surface area (TPSA) is 42.2 Å². The van der Waals surface area contributed by atoms with E-state index < -0.39 is 11.7 Å². The largest absolute Gasteiger partial charge is 0.392 e. The van der Waals surface area contributed by atoms with E-state index in [9.17, 15) is 14.3 Å². The molecule has 21 heavy (non-hydrogen) atoms. The summed E-state index contributed by atoms with van der Waals surface area (Å²) in [4.78, 5) is 12.7. The highest BCUT2D eigenvalue weighted by Crippen LogP contribution is 2.27. The molecule has 1 aromatic heterocycles. The van der Waals surface area contributed by atoms with Gasteiger partial charge in [-0.25, -0.2) is 4.39 Å². The Kier molecular flexibility index (Phi) is 3.31. The minimum Gasteiger partial charge on any atom is -0.392 e. The molecule has 4 heteroatoms. The number of aromatic nitrogens is 1. The van der Waals surface area contributed by atoms with Crippen molar-refractivity contribution in [2.24, 2.45) is 0 Å². The van der Waals surface area contributed by atoms with Crippen LogP contribution in [0.4, 0.5) is 4.39 Å². The average Bonchev–Trinajstić information content (AvgIpc) is 2.78. The van der Waals surface area contributed by atoms with E-state index >= 15 is 0 Å². The molecule has 0 saturated carbocycles. The number of carbonyl (C=O) groups is 1. The monoisotopic (exact) mass is 283 g/mol. The average molecular weight is 283 g/mol. The van der Waals surface area contributed by atoms with Crippen molar-refractivity contribution >= 4 is 16.8 Å². The Bertz CT molecular complexity index is 836. The van der Waals surface area contributed by atoms with Gasteiger partial charge in [-0.05, 0) is 25.1 Å². The number of benzene rings is 2. The van der Waals surface area contributed by atoms with Crippen LogP contribution >= 0.6 is 0 Å². The van der Waals surface area contributed by atoms with Crippen LogP contribution in [0.15, 0.2) is 48.5 Å². The number of carbonyl (C=O) groups excluding carboxylic acids is 1. The second-order valence-electron chi connectivity index (χ2n) is 4.86. The molecule has 0 bridgehead atoms. The Balaban J connectivity index is 2.28. The van der Waals surface area contributed by atoms with Gasteiger partial charge in [0.2, 0.25) is 0 Å². The molecule has 1 N–H and O–H groups in total. The summed E-state index contributed by atoms with van der Waals surface area (Å²) in [6.45, 7) is 1.59. The predicted molar refractivity (Wildman–Crippen MR) is 78.7 cm³/mol. The first-order valence-electron chi connectivity index (χ1n) is 6.64. The third-order valence-corrected chi connectivity index (χ3v) is 3.71. The van der Waals surface area contributed by atoms with Gasteiger partial charge < -0.3 is 5.11 Å². The van der Waals surface area contributed by atoms with E-state index in [1.807, 2.05) is 18.2 Å². The zero-order valence-electron chi connectivity index (χ0n) is 11.5. The predicted octanol–water partition coefficient (Wildman–Crippen LogP) is 3.27. The standard InChI is InChI=1S/C17H14FNO2/c1-11-14(10-20)12-6-3-5-9-16(12)19(11)17(21)13-7-2-4-8-15(13)18/h2-9,20H,10H2,1H3. The van der Waals surface area contributed by atoms with Gasteiger partial charge >= 0.3 is 0 Å². The lowest BCUT2D eigenvalue weighted by atomic mass is 10.1. The Morgan fingerprint density at radius 2 is 1.81 bits per heavy atom. The van der Waals surface area contributed by atoms with Crippen molar-refractivity contribution < 1.29 is 14.3 Å². The van der Waals surface area contributed by atoms with Crippen LogP contribution in [0.2, 0.25) is 0 Å². The third-order valence-electron chi connectivity index (χ3n) is 3.71. The maximum absolute atomic E-state index is 13.9. The highest BCUT2D eigenvalue weighted by atomic mass is 19.1. The zero-order valence-corrected chi connectivity index (χ0v) is 11.5. The zero-order chi connectivity index (χ0) is 15.0. The van der Waals surface area contributed by atoms with E-state index in [0.29, 0.717) is 16.8 Å². The first-order valence-corrected chi connectivity index (χ1v) is 6.64. The third kappa shape index (κ3) is 2.04. The van der Waals surface area contributed by atoms with Gasteiger partial charge in [0.05, 0.1) is 17.7 Å². The number of aliphatic hydroxyl groups is 1. The van der Waals surface area contributed by atoms with Crippen LogP contribution < -0.4 is 0 Å². The van der Waals surface area contributed by atoms with Crippen LogP contribution in [0.5, 0.6) is 0 Å².